The minimum absolute atomic E-state index is 0.382. The molecule has 0 amide bonds. The summed E-state index contributed by atoms with van der Waals surface area (Å²) >= 11 is 0. The van der Waals surface area contributed by atoms with E-state index in [2.05, 4.69) is 6.08 Å². The summed E-state index contributed by atoms with van der Waals surface area (Å²) in [5.41, 5.74) is 0. The van der Waals surface area contributed by atoms with Gasteiger partial charge < -0.3 is 10.2 Å². The molecule has 16 heavy (non-hydrogen) atoms. The van der Waals surface area contributed by atoms with Crippen LogP contribution in [0.25, 0.3) is 12.2 Å². The van der Waals surface area contributed by atoms with Crippen LogP contribution in [0.1, 0.15) is 0 Å². The number of fused-ring (bicyclic) bond motifs is 1. The second-order valence-electron chi connectivity index (χ2n) is 3.51. The molecule has 1 aromatic rings. The summed E-state index contributed by atoms with van der Waals surface area (Å²) in [7, 11) is -4.83. The van der Waals surface area contributed by atoms with Crippen LogP contribution in [0, 0.1) is 0 Å². The molecule has 85 valence electrons. The van der Waals surface area contributed by atoms with E-state index < -0.39 is 21.2 Å². The fraction of sp³-hybridized carbons (Fsp3) is 0.200. The molecular formula is C10H9O5S. The molecule has 0 heterocycles. The Morgan fingerprint density at radius 2 is 1.94 bits per heavy atom. The van der Waals surface area contributed by atoms with Gasteiger partial charge in [0.1, 0.15) is 6.10 Å². The van der Waals surface area contributed by atoms with E-state index in [-0.39, 0.29) is 0 Å². The smallest absolute Gasteiger partial charge is 0.302 e. The van der Waals surface area contributed by atoms with Gasteiger partial charge in [0.15, 0.2) is 0 Å². The zero-order valence-corrected chi connectivity index (χ0v) is 8.85. The lowest BCUT2D eigenvalue weighted by molar-refractivity contribution is 0.0597. The van der Waals surface area contributed by atoms with Gasteiger partial charge in [-0.3, -0.25) is 4.55 Å². The van der Waals surface area contributed by atoms with Crippen LogP contribution < -0.4 is 10.4 Å². The maximum Gasteiger partial charge on any atom is 0.302 e. The molecule has 1 aromatic carbocycles. The van der Waals surface area contributed by atoms with Gasteiger partial charge in [-0.05, 0) is 22.6 Å². The molecule has 6 heteroatoms. The summed E-state index contributed by atoms with van der Waals surface area (Å²) in [6, 6.07) is 6.48. The van der Waals surface area contributed by atoms with E-state index in [0.29, 0.717) is 10.4 Å². The lowest BCUT2D eigenvalue weighted by Crippen LogP contribution is -2.52. The summed E-state index contributed by atoms with van der Waals surface area (Å²) < 4.78 is 30.9. The van der Waals surface area contributed by atoms with Crippen LogP contribution in [0.4, 0.5) is 0 Å². The Balaban J connectivity index is 2.79. The molecule has 0 saturated heterocycles. The zero-order valence-electron chi connectivity index (χ0n) is 8.03. The molecule has 0 fully saturated rings. The normalized spacial score (nSPS) is 28.8. The van der Waals surface area contributed by atoms with E-state index in [0.717, 1.165) is 6.08 Å². The summed E-state index contributed by atoms with van der Waals surface area (Å²) in [5.74, 6) is 0. The average molecular weight is 241 g/mol. The van der Waals surface area contributed by atoms with Crippen molar-refractivity contribution < 1.29 is 23.2 Å². The standard InChI is InChI=1S/C10H9O5S/c11-9-5-7-3-1-2-4-8(7)6-10(9,12)16(13,14)15/h1-4,6,9,11-12H,(H,13,14,15). The molecule has 0 saturated carbocycles. The van der Waals surface area contributed by atoms with Crippen molar-refractivity contribution in [3.05, 3.63) is 34.7 Å². The Hall–Kier alpha value is -1.21. The predicted octanol–water partition coefficient (Wildman–Crippen LogP) is -1.92. The molecule has 0 spiro atoms. The van der Waals surface area contributed by atoms with Crippen LogP contribution >= 0.6 is 0 Å². The van der Waals surface area contributed by atoms with Crippen molar-refractivity contribution in [2.24, 2.45) is 0 Å². The molecular weight excluding hydrogens is 232 g/mol. The van der Waals surface area contributed by atoms with Gasteiger partial charge >= 0.3 is 10.1 Å². The second kappa shape index (κ2) is 3.39. The molecule has 0 aliphatic heterocycles. The number of benzene rings is 1. The molecule has 2 rings (SSSR count). The van der Waals surface area contributed by atoms with Gasteiger partial charge in [0, 0.05) is 0 Å². The van der Waals surface area contributed by atoms with E-state index in [4.69, 9.17) is 4.55 Å². The summed E-state index contributed by atoms with van der Waals surface area (Å²) in [6.45, 7) is 0. The lowest BCUT2D eigenvalue weighted by atomic mass is 10.0. The quantitative estimate of drug-likeness (QED) is 0.498. The van der Waals surface area contributed by atoms with Gasteiger partial charge in [-0.25, -0.2) is 0 Å². The van der Waals surface area contributed by atoms with Crippen LogP contribution in [-0.2, 0) is 10.1 Å². The average Bonchev–Trinajstić information content (AvgIpc) is 2.18. The van der Waals surface area contributed by atoms with Gasteiger partial charge in [0.25, 0.3) is 0 Å². The highest BCUT2D eigenvalue weighted by atomic mass is 32.2. The number of hydrogen-bond acceptors (Lipinski definition) is 4. The molecule has 0 aromatic heterocycles. The summed E-state index contributed by atoms with van der Waals surface area (Å²) in [5, 5.41) is 20.1. The first-order valence-corrected chi connectivity index (χ1v) is 5.87. The third kappa shape index (κ3) is 1.56. The van der Waals surface area contributed by atoms with Crippen molar-refractivity contribution in [3.63, 3.8) is 0 Å². The Morgan fingerprint density at radius 1 is 1.31 bits per heavy atom. The number of aliphatic hydroxyl groups is 2. The topological polar surface area (TPSA) is 94.8 Å². The third-order valence-electron chi connectivity index (χ3n) is 2.42. The molecule has 3 N–H and O–H groups in total. The fourth-order valence-electron chi connectivity index (χ4n) is 1.52. The van der Waals surface area contributed by atoms with E-state index in [9.17, 15) is 18.6 Å². The van der Waals surface area contributed by atoms with Crippen LogP contribution in [0.15, 0.2) is 24.3 Å². The van der Waals surface area contributed by atoms with Gasteiger partial charge in [0.2, 0.25) is 4.93 Å². The van der Waals surface area contributed by atoms with E-state index >= 15 is 0 Å². The Bertz CT molecular complexity index is 633. The second-order valence-corrected chi connectivity index (χ2v) is 5.11. The lowest BCUT2D eigenvalue weighted by Gasteiger charge is -2.26. The Kier molecular flexibility index (Phi) is 2.39. The predicted molar refractivity (Wildman–Crippen MR) is 56.1 cm³/mol. The molecule has 5 nitrogen and oxygen atoms in total. The zero-order chi connectivity index (χ0) is 12.0. The van der Waals surface area contributed by atoms with Crippen molar-refractivity contribution in [2.45, 2.75) is 11.0 Å². The minimum atomic E-state index is -4.83. The largest absolute Gasteiger partial charge is 0.384 e. The van der Waals surface area contributed by atoms with Gasteiger partial charge in [-0.2, -0.15) is 8.42 Å². The summed E-state index contributed by atoms with van der Waals surface area (Å²) in [4.78, 5) is -2.73. The number of aliphatic hydroxyl groups excluding tert-OH is 1. The number of hydrogen-bond donors (Lipinski definition) is 3. The first-order chi connectivity index (χ1) is 7.34. The monoisotopic (exact) mass is 241 g/mol. The highest BCUT2D eigenvalue weighted by Crippen LogP contribution is 2.22. The molecule has 1 radical (unpaired) electrons. The first-order valence-electron chi connectivity index (χ1n) is 4.43. The van der Waals surface area contributed by atoms with Crippen molar-refractivity contribution >= 4 is 22.3 Å². The van der Waals surface area contributed by atoms with Gasteiger partial charge in [0.05, 0.1) is 0 Å². The van der Waals surface area contributed by atoms with Crippen LogP contribution in [0.5, 0.6) is 0 Å². The Morgan fingerprint density at radius 3 is 2.56 bits per heavy atom. The molecule has 0 bridgehead atoms. The SMILES string of the molecule is O=S(=O)(O)C1(O)C=c2ccccc2=[C]C1O. The number of rotatable bonds is 1. The maximum atomic E-state index is 11.0. The highest BCUT2D eigenvalue weighted by molar-refractivity contribution is 7.87. The van der Waals surface area contributed by atoms with Crippen molar-refractivity contribution in [3.8, 4) is 0 Å². The molecule has 2 unspecified atom stereocenters. The minimum Gasteiger partial charge on any atom is -0.384 e. The van der Waals surface area contributed by atoms with Crippen molar-refractivity contribution in [2.75, 3.05) is 0 Å². The van der Waals surface area contributed by atoms with Gasteiger partial charge in [-0.15, -0.1) is 0 Å². The van der Waals surface area contributed by atoms with E-state index in [1.54, 1.807) is 24.3 Å². The first kappa shape index (κ1) is 11.3. The molecule has 1 aliphatic rings. The Labute approximate surface area is 91.7 Å². The van der Waals surface area contributed by atoms with Crippen molar-refractivity contribution in [1.82, 2.24) is 0 Å². The van der Waals surface area contributed by atoms with Crippen LogP contribution in [0.3, 0.4) is 0 Å². The van der Waals surface area contributed by atoms with Gasteiger partial charge in [-0.1, -0.05) is 24.3 Å². The molecule has 1 aliphatic carbocycles. The van der Waals surface area contributed by atoms with E-state index in [1.807, 2.05) is 0 Å². The van der Waals surface area contributed by atoms with E-state index in [1.165, 1.54) is 0 Å². The van der Waals surface area contributed by atoms with Crippen molar-refractivity contribution in [1.29, 1.82) is 0 Å². The third-order valence-corrected chi connectivity index (χ3v) is 3.59. The van der Waals surface area contributed by atoms with Crippen LogP contribution in [0.2, 0.25) is 0 Å². The van der Waals surface area contributed by atoms with Crippen LogP contribution in [-0.4, -0.2) is 34.2 Å². The molecule has 2 atom stereocenters. The fourth-order valence-corrected chi connectivity index (χ4v) is 2.14. The maximum absolute atomic E-state index is 11.0. The highest BCUT2D eigenvalue weighted by Gasteiger charge is 2.46. The summed E-state index contributed by atoms with van der Waals surface area (Å²) in [6.07, 6.45) is 1.47.